The largest absolute Gasteiger partial charge is 0.461 e. The van der Waals surface area contributed by atoms with Gasteiger partial charge in [-0.1, -0.05) is 47.9 Å². The number of alkyl halides is 1. The molecule has 0 unspecified atom stereocenters. The van der Waals surface area contributed by atoms with E-state index in [9.17, 15) is 9.18 Å². The molecule has 1 aliphatic carbocycles. The number of aromatic nitrogens is 4. The average molecular weight is 727 g/mol. The zero-order chi connectivity index (χ0) is 35.6. The number of benzene rings is 2. The lowest BCUT2D eigenvalue weighted by atomic mass is 9.95. The van der Waals surface area contributed by atoms with Crippen LogP contribution >= 0.6 is 11.6 Å². The zero-order valence-electron chi connectivity index (χ0n) is 29.7. The van der Waals surface area contributed by atoms with Crippen molar-refractivity contribution >= 4 is 45.9 Å². The van der Waals surface area contributed by atoms with Crippen LogP contribution in [0.25, 0.3) is 16.8 Å². The van der Waals surface area contributed by atoms with E-state index in [1.54, 1.807) is 6.08 Å². The van der Waals surface area contributed by atoms with Crippen molar-refractivity contribution in [2.24, 2.45) is 0 Å². The number of likely N-dealkylation sites (N-methyl/N-ethyl adjacent to an activating group) is 1. The van der Waals surface area contributed by atoms with Crippen molar-refractivity contribution in [3.63, 3.8) is 0 Å². The van der Waals surface area contributed by atoms with Gasteiger partial charge in [-0.25, -0.2) is 4.39 Å². The van der Waals surface area contributed by atoms with Crippen molar-refractivity contribution in [1.29, 1.82) is 0 Å². The molecule has 272 valence electrons. The van der Waals surface area contributed by atoms with Gasteiger partial charge in [0, 0.05) is 79.9 Å². The summed E-state index contributed by atoms with van der Waals surface area (Å²) in [5, 5.41) is 6.95. The fraction of sp³-hybridized carbons (Fsp3) is 0.513. The number of hydrogen-bond acceptors (Lipinski definition) is 10. The number of rotatable bonds is 9. The molecule has 0 bridgehead atoms. The Hall–Kier alpha value is -4.29. The second-order valence-electron chi connectivity index (χ2n) is 15.6. The van der Waals surface area contributed by atoms with E-state index >= 15 is 0 Å². The van der Waals surface area contributed by atoms with E-state index in [-0.39, 0.29) is 22.9 Å². The Labute approximate surface area is 307 Å². The fourth-order valence-electron chi connectivity index (χ4n) is 8.78. The molecule has 6 heterocycles. The van der Waals surface area contributed by atoms with E-state index in [0.29, 0.717) is 56.9 Å². The van der Waals surface area contributed by atoms with E-state index in [2.05, 4.69) is 63.1 Å². The maximum absolute atomic E-state index is 14.6. The second kappa shape index (κ2) is 13.0. The van der Waals surface area contributed by atoms with Gasteiger partial charge in [-0.3, -0.25) is 9.69 Å². The molecule has 4 aliphatic heterocycles. The van der Waals surface area contributed by atoms with Gasteiger partial charge in [0.1, 0.15) is 18.6 Å². The third-order valence-electron chi connectivity index (χ3n) is 12.1. The molecular formula is C39H44ClFN8O3. The van der Waals surface area contributed by atoms with E-state index < -0.39 is 6.17 Å². The van der Waals surface area contributed by atoms with Crippen LogP contribution in [0.3, 0.4) is 0 Å². The Bertz CT molecular complexity index is 2050. The molecule has 1 amide bonds. The fourth-order valence-corrected chi connectivity index (χ4v) is 9.05. The summed E-state index contributed by atoms with van der Waals surface area (Å²) in [6.45, 7) is 6.36. The van der Waals surface area contributed by atoms with Crippen LogP contribution in [0.4, 0.5) is 15.9 Å². The molecule has 2 aromatic heterocycles. The number of hydrogen-bond donors (Lipinski definition) is 0. The van der Waals surface area contributed by atoms with Crippen LogP contribution in [-0.4, -0.2) is 99.9 Å². The van der Waals surface area contributed by atoms with E-state index in [4.69, 9.17) is 30.8 Å². The first kappa shape index (κ1) is 33.5. The maximum atomic E-state index is 14.6. The lowest BCUT2D eigenvalue weighted by Gasteiger charge is -2.35. The quantitative estimate of drug-likeness (QED) is 0.191. The number of halogens is 2. The second-order valence-corrected chi connectivity index (χ2v) is 16.0. The normalized spacial score (nSPS) is 25.2. The van der Waals surface area contributed by atoms with E-state index in [1.807, 2.05) is 17.0 Å². The molecule has 5 aliphatic rings. The van der Waals surface area contributed by atoms with Gasteiger partial charge in [0.25, 0.3) is 5.89 Å². The molecule has 9 rings (SSSR count). The molecule has 2 aromatic carbocycles. The van der Waals surface area contributed by atoms with Crippen LogP contribution in [-0.2, 0) is 23.2 Å². The summed E-state index contributed by atoms with van der Waals surface area (Å²) in [4.78, 5) is 36.5. The molecule has 3 saturated heterocycles. The van der Waals surface area contributed by atoms with Gasteiger partial charge in [0.15, 0.2) is 5.82 Å². The van der Waals surface area contributed by atoms with Gasteiger partial charge in [-0.15, -0.1) is 0 Å². The van der Waals surface area contributed by atoms with Crippen molar-refractivity contribution in [3.05, 3.63) is 70.5 Å². The van der Waals surface area contributed by atoms with Gasteiger partial charge in [-0.05, 0) is 62.6 Å². The van der Waals surface area contributed by atoms with Gasteiger partial charge >= 0.3 is 6.01 Å². The third-order valence-corrected chi connectivity index (χ3v) is 12.4. The van der Waals surface area contributed by atoms with Crippen molar-refractivity contribution < 1.29 is 18.4 Å². The van der Waals surface area contributed by atoms with Crippen LogP contribution in [0, 0.1) is 0 Å². The number of carbonyl (C=O) groups is 1. The number of ether oxygens (including phenoxy) is 1. The number of fused-ring (bicyclic) bond motifs is 3. The topological polar surface area (TPSA) is 104 Å². The Kier molecular flexibility index (Phi) is 8.37. The Morgan fingerprint density at radius 2 is 1.96 bits per heavy atom. The lowest BCUT2D eigenvalue weighted by molar-refractivity contribution is -0.124. The Morgan fingerprint density at radius 1 is 1.12 bits per heavy atom. The summed E-state index contributed by atoms with van der Waals surface area (Å²) in [5.74, 6) is 1.80. The van der Waals surface area contributed by atoms with Crippen molar-refractivity contribution in [2.45, 2.75) is 81.6 Å². The third kappa shape index (κ3) is 6.07. The molecule has 52 heavy (non-hydrogen) atoms. The molecule has 0 spiro atoms. The molecular weight excluding hydrogens is 683 g/mol. The summed E-state index contributed by atoms with van der Waals surface area (Å²) >= 11 is 6.76. The Balaban J connectivity index is 0.969. The molecule has 0 N–H and O–H groups in total. The molecule has 0 radical (unpaired) electrons. The summed E-state index contributed by atoms with van der Waals surface area (Å²) in [5.41, 5.74) is 2.76. The number of amides is 1. The summed E-state index contributed by atoms with van der Waals surface area (Å²) in [6.07, 6.45) is 8.37. The van der Waals surface area contributed by atoms with Crippen molar-refractivity contribution in [2.75, 3.05) is 56.2 Å². The van der Waals surface area contributed by atoms with Crippen LogP contribution in [0.2, 0.25) is 5.02 Å². The highest BCUT2D eigenvalue weighted by molar-refractivity contribution is 6.36. The smallest absolute Gasteiger partial charge is 0.318 e. The van der Waals surface area contributed by atoms with E-state index in [1.165, 1.54) is 6.08 Å². The summed E-state index contributed by atoms with van der Waals surface area (Å²) in [7, 11) is 2.05. The first-order valence-electron chi connectivity index (χ1n) is 18.6. The molecule has 3 atom stereocenters. The number of likely N-dealkylation sites (tertiary alicyclic amines) is 1. The predicted octanol–water partition coefficient (Wildman–Crippen LogP) is 5.99. The van der Waals surface area contributed by atoms with E-state index in [0.717, 1.165) is 90.2 Å². The predicted molar refractivity (Wildman–Crippen MR) is 198 cm³/mol. The van der Waals surface area contributed by atoms with Gasteiger partial charge in [-0.2, -0.15) is 15.0 Å². The minimum Gasteiger partial charge on any atom is -0.461 e. The van der Waals surface area contributed by atoms with Crippen LogP contribution in [0.1, 0.15) is 68.4 Å². The number of nitrogens with zero attached hydrogens (tertiary/aromatic N) is 8. The SMILES string of the molecule is CN(c1nc(OC[C@@]23CCCN2C[C@H](F)C3)nc2c1CCN(c1cccc3cccc(Cl)c13)C2)[C@@H]1CCN(C(=O)/C=C/c2nc(C3(C)CC3)no2)C1. The minimum absolute atomic E-state index is 0.00387. The van der Waals surface area contributed by atoms with Gasteiger partial charge < -0.3 is 24.0 Å². The highest BCUT2D eigenvalue weighted by atomic mass is 35.5. The average Bonchev–Trinajstić information content (AvgIpc) is 3.61. The maximum Gasteiger partial charge on any atom is 0.318 e. The lowest BCUT2D eigenvalue weighted by Crippen LogP contribution is -2.44. The first-order chi connectivity index (χ1) is 25.2. The summed E-state index contributed by atoms with van der Waals surface area (Å²) < 4.78 is 26.4. The van der Waals surface area contributed by atoms with Crippen molar-refractivity contribution in [1.82, 2.24) is 29.9 Å². The standard InChI is InChI=1S/C39H44ClFN8O3/c1-38(15-16-38)36-43-32(52-45-36)10-11-33(50)48-18-12-27(22-48)46(2)35-28-13-19-47(31-9-4-7-25-6-3-8-29(40)34(25)31)23-30(28)42-37(44-35)51-24-39-14-5-17-49(39)21-26(41)20-39/h3-4,6-11,26-27H,5,12-24H2,1-2H3/b11-10+/t26-,27-,39+/m1/s1. The van der Waals surface area contributed by atoms with Crippen LogP contribution < -0.4 is 14.5 Å². The zero-order valence-corrected chi connectivity index (χ0v) is 30.5. The number of carbonyl (C=O) groups excluding carboxylic acids is 1. The monoisotopic (exact) mass is 726 g/mol. The van der Waals surface area contributed by atoms with Gasteiger partial charge in [0.05, 0.1) is 22.8 Å². The van der Waals surface area contributed by atoms with Crippen LogP contribution in [0.5, 0.6) is 6.01 Å². The highest BCUT2D eigenvalue weighted by Crippen LogP contribution is 2.46. The summed E-state index contributed by atoms with van der Waals surface area (Å²) in [6, 6.07) is 12.6. The molecule has 1 saturated carbocycles. The van der Waals surface area contributed by atoms with Gasteiger partial charge in [0.2, 0.25) is 5.91 Å². The minimum atomic E-state index is -0.838. The molecule has 11 nitrogen and oxygen atoms in total. The molecule has 4 aromatic rings. The molecule has 4 fully saturated rings. The number of anilines is 2. The molecule has 13 heteroatoms. The highest BCUT2D eigenvalue weighted by Gasteiger charge is 2.49. The Morgan fingerprint density at radius 3 is 2.81 bits per heavy atom. The van der Waals surface area contributed by atoms with Crippen LogP contribution in [0.15, 0.2) is 47.0 Å². The van der Waals surface area contributed by atoms with Crippen molar-refractivity contribution in [3.8, 4) is 6.01 Å². The first-order valence-corrected chi connectivity index (χ1v) is 18.9.